The highest BCUT2D eigenvalue weighted by molar-refractivity contribution is 5.92. The van der Waals surface area contributed by atoms with Crippen LogP contribution in [0.4, 0.5) is 11.4 Å². The largest absolute Gasteiger partial charge is 0.463 e. The number of esters is 2. The van der Waals surface area contributed by atoms with Gasteiger partial charge in [-0.15, -0.1) is 0 Å². The van der Waals surface area contributed by atoms with Crippen molar-refractivity contribution in [3.05, 3.63) is 23.8 Å². The summed E-state index contributed by atoms with van der Waals surface area (Å²) in [6.45, 7) is 1.47. The molecule has 0 heterocycles. The number of ether oxygens (including phenoxy) is 2. The molecule has 0 aliphatic rings. The lowest BCUT2D eigenvalue weighted by Gasteiger charge is -2.06. The van der Waals surface area contributed by atoms with E-state index in [0.29, 0.717) is 11.4 Å². The molecule has 1 rings (SSSR count). The molecular weight excluding hydrogens is 224 g/mol. The summed E-state index contributed by atoms with van der Waals surface area (Å²) in [6, 6.07) is 4.36. The maximum Gasteiger partial charge on any atom is 0.344 e. The highest BCUT2D eigenvalue weighted by Gasteiger charge is 2.11. The fourth-order valence-electron chi connectivity index (χ4n) is 1.20. The predicted molar refractivity (Wildman–Crippen MR) is 62.2 cm³/mol. The molecule has 0 aliphatic carbocycles. The van der Waals surface area contributed by atoms with Gasteiger partial charge in [-0.1, -0.05) is 0 Å². The van der Waals surface area contributed by atoms with Gasteiger partial charge in [0.05, 0.1) is 12.2 Å². The van der Waals surface area contributed by atoms with Crippen LogP contribution in [0.25, 0.3) is 0 Å². The van der Waals surface area contributed by atoms with Crippen LogP contribution in [0, 0.1) is 0 Å². The summed E-state index contributed by atoms with van der Waals surface area (Å²) in [6.07, 6.45) is 0. The van der Waals surface area contributed by atoms with Crippen LogP contribution in [-0.2, 0) is 14.3 Å². The summed E-state index contributed by atoms with van der Waals surface area (Å²) >= 11 is 0. The van der Waals surface area contributed by atoms with Gasteiger partial charge in [0, 0.05) is 11.4 Å². The van der Waals surface area contributed by atoms with E-state index in [2.05, 4.69) is 4.74 Å². The van der Waals surface area contributed by atoms with E-state index in [1.54, 1.807) is 6.92 Å². The van der Waals surface area contributed by atoms with E-state index in [9.17, 15) is 9.59 Å². The average molecular weight is 238 g/mol. The third kappa shape index (κ3) is 4.02. The second-order valence-corrected chi connectivity index (χ2v) is 3.27. The first-order valence-electron chi connectivity index (χ1n) is 5.01. The molecule has 6 heteroatoms. The van der Waals surface area contributed by atoms with Gasteiger partial charge in [0.1, 0.15) is 0 Å². The van der Waals surface area contributed by atoms with Crippen LogP contribution in [0.15, 0.2) is 18.2 Å². The number of rotatable bonds is 4. The quantitative estimate of drug-likeness (QED) is 0.587. The Kier molecular flexibility index (Phi) is 4.33. The summed E-state index contributed by atoms with van der Waals surface area (Å²) < 4.78 is 9.34. The highest BCUT2D eigenvalue weighted by Crippen LogP contribution is 2.14. The molecule has 0 bridgehead atoms. The smallest absolute Gasteiger partial charge is 0.344 e. The molecule has 0 saturated heterocycles. The van der Waals surface area contributed by atoms with Gasteiger partial charge in [0.15, 0.2) is 6.61 Å². The molecule has 0 aromatic heterocycles. The van der Waals surface area contributed by atoms with Crippen molar-refractivity contribution in [2.24, 2.45) is 0 Å². The Bertz CT molecular complexity index is 411. The number of anilines is 2. The zero-order valence-electron chi connectivity index (χ0n) is 9.43. The van der Waals surface area contributed by atoms with Crippen molar-refractivity contribution in [2.45, 2.75) is 6.92 Å². The zero-order valence-corrected chi connectivity index (χ0v) is 9.43. The fraction of sp³-hybridized carbons (Fsp3) is 0.273. The van der Waals surface area contributed by atoms with E-state index in [1.807, 2.05) is 0 Å². The lowest BCUT2D eigenvalue weighted by Crippen LogP contribution is -2.16. The van der Waals surface area contributed by atoms with Crippen LogP contribution in [0.1, 0.15) is 17.3 Å². The number of hydrogen-bond acceptors (Lipinski definition) is 6. The molecule has 4 N–H and O–H groups in total. The van der Waals surface area contributed by atoms with Gasteiger partial charge in [-0.25, -0.2) is 9.59 Å². The van der Waals surface area contributed by atoms with Crippen molar-refractivity contribution in [3.63, 3.8) is 0 Å². The summed E-state index contributed by atoms with van der Waals surface area (Å²) in [5, 5.41) is 0. The Morgan fingerprint density at radius 2 is 1.71 bits per heavy atom. The van der Waals surface area contributed by atoms with E-state index in [0.717, 1.165) is 0 Å². The molecule has 0 unspecified atom stereocenters. The lowest BCUT2D eigenvalue weighted by atomic mass is 10.2. The average Bonchev–Trinajstić information content (AvgIpc) is 2.25. The van der Waals surface area contributed by atoms with Crippen molar-refractivity contribution in [1.82, 2.24) is 0 Å². The minimum absolute atomic E-state index is 0.201. The Labute approximate surface area is 98.5 Å². The number of nitrogens with two attached hydrogens (primary N) is 2. The molecule has 0 saturated carbocycles. The third-order valence-corrected chi connectivity index (χ3v) is 1.84. The van der Waals surface area contributed by atoms with Gasteiger partial charge in [0.2, 0.25) is 0 Å². The molecule has 17 heavy (non-hydrogen) atoms. The summed E-state index contributed by atoms with van der Waals surface area (Å²) in [7, 11) is 0. The molecule has 0 spiro atoms. The summed E-state index contributed by atoms with van der Waals surface area (Å²) in [4.78, 5) is 22.5. The minimum Gasteiger partial charge on any atom is -0.463 e. The van der Waals surface area contributed by atoms with E-state index < -0.39 is 18.5 Å². The monoisotopic (exact) mass is 238 g/mol. The summed E-state index contributed by atoms with van der Waals surface area (Å²) in [5.41, 5.74) is 12.0. The van der Waals surface area contributed by atoms with Gasteiger partial charge < -0.3 is 20.9 Å². The van der Waals surface area contributed by atoms with Crippen LogP contribution in [0.5, 0.6) is 0 Å². The van der Waals surface area contributed by atoms with E-state index in [-0.39, 0.29) is 12.2 Å². The highest BCUT2D eigenvalue weighted by atomic mass is 16.6. The Balaban J connectivity index is 2.61. The topological polar surface area (TPSA) is 105 Å². The van der Waals surface area contributed by atoms with Crippen molar-refractivity contribution >= 4 is 23.3 Å². The second kappa shape index (κ2) is 5.74. The summed E-state index contributed by atoms with van der Waals surface area (Å²) in [5.74, 6) is -1.27. The fourth-order valence-corrected chi connectivity index (χ4v) is 1.20. The molecular formula is C11H14N2O4. The first-order valence-corrected chi connectivity index (χ1v) is 5.01. The maximum atomic E-state index is 11.5. The number of benzene rings is 1. The van der Waals surface area contributed by atoms with Crippen LogP contribution in [0.3, 0.4) is 0 Å². The molecule has 0 amide bonds. The van der Waals surface area contributed by atoms with E-state index in [1.165, 1.54) is 18.2 Å². The Morgan fingerprint density at radius 1 is 1.12 bits per heavy atom. The number of nitrogen functional groups attached to an aromatic ring is 2. The minimum atomic E-state index is -0.669. The standard InChI is InChI=1S/C11H14N2O4/c1-2-16-10(14)6-17-11(15)7-3-8(12)5-9(13)4-7/h3-5H,2,6,12-13H2,1H3. The van der Waals surface area contributed by atoms with Crippen LogP contribution < -0.4 is 11.5 Å². The first kappa shape index (κ1) is 12.8. The molecule has 92 valence electrons. The first-order chi connectivity index (χ1) is 8.02. The predicted octanol–water partition coefficient (Wildman–Crippen LogP) is 0.571. The molecule has 6 nitrogen and oxygen atoms in total. The van der Waals surface area contributed by atoms with Gasteiger partial charge >= 0.3 is 11.9 Å². The SMILES string of the molecule is CCOC(=O)COC(=O)c1cc(N)cc(N)c1. The number of hydrogen-bond donors (Lipinski definition) is 2. The van der Waals surface area contributed by atoms with Crippen molar-refractivity contribution < 1.29 is 19.1 Å². The van der Waals surface area contributed by atoms with E-state index in [4.69, 9.17) is 16.2 Å². The van der Waals surface area contributed by atoms with Crippen molar-refractivity contribution in [1.29, 1.82) is 0 Å². The third-order valence-electron chi connectivity index (χ3n) is 1.84. The lowest BCUT2D eigenvalue weighted by molar-refractivity contribution is -0.146. The molecule has 0 fully saturated rings. The molecule has 1 aromatic carbocycles. The maximum absolute atomic E-state index is 11.5. The zero-order chi connectivity index (χ0) is 12.8. The van der Waals surface area contributed by atoms with Crippen LogP contribution >= 0.6 is 0 Å². The van der Waals surface area contributed by atoms with E-state index >= 15 is 0 Å². The van der Waals surface area contributed by atoms with Crippen LogP contribution in [0.2, 0.25) is 0 Å². The normalized spacial score (nSPS) is 9.71. The van der Waals surface area contributed by atoms with Crippen molar-refractivity contribution in [3.8, 4) is 0 Å². The molecule has 0 aliphatic heterocycles. The second-order valence-electron chi connectivity index (χ2n) is 3.27. The molecule has 0 radical (unpaired) electrons. The van der Waals surface area contributed by atoms with Gasteiger partial charge in [-0.3, -0.25) is 0 Å². The van der Waals surface area contributed by atoms with Gasteiger partial charge in [0.25, 0.3) is 0 Å². The van der Waals surface area contributed by atoms with Gasteiger partial charge in [-0.2, -0.15) is 0 Å². The molecule has 1 aromatic rings. The number of carbonyl (C=O) groups excluding carboxylic acids is 2. The Hall–Kier alpha value is -2.24. The Morgan fingerprint density at radius 3 is 2.24 bits per heavy atom. The molecule has 0 atom stereocenters. The van der Waals surface area contributed by atoms with Crippen LogP contribution in [-0.4, -0.2) is 25.2 Å². The van der Waals surface area contributed by atoms with Crippen molar-refractivity contribution in [2.75, 3.05) is 24.7 Å². The number of carbonyl (C=O) groups is 2. The van der Waals surface area contributed by atoms with Gasteiger partial charge in [-0.05, 0) is 25.1 Å².